The summed E-state index contributed by atoms with van der Waals surface area (Å²) in [6.07, 6.45) is -3.62. The maximum absolute atomic E-state index is 12.6. The van der Waals surface area contributed by atoms with Gasteiger partial charge in [0.2, 0.25) is 5.88 Å². The average Bonchev–Trinajstić information content (AvgIpc) is 2.69. The second-order valence-corrected chi connectivity index (χ2v) is 6.97. The minimum absolute atomic E-state index is 0.0808. The molecule has 30 heavy (non-hydrogen) atoms. The SMILES string of the molecule is COC(=O)C(NC(=O)c1cnc(OCC(F)(F)F)c(-c2ccc(Cl)cc2)n1)C(C)C. The number of hydrogen-bond donors (Lipinski definition) is 1. The predicted octanol–water partition coefficient (Wildman–Crippen LogP) is 3.67. The molecule has 1 aromatic carbocycles. The predicted molar refractivity (Wildman–Crippen MR) is 102 cm³/mol. The molecule has 0 bridgehead atoms. The van der Waals surface area contributed by atoms with Gasteiger partial charge in [-0.25, -0.2) is 14.8 Å². The molecule has 1 aromatic heterocycles. The number of ether oxygens (including phenoxy) is 2. The summed E-state index contributed by atoms with van der Waals surface area (Å²) in [7, 11) is 1.19. The van der Waals surface area contributed by atoms with E-state index >= 15 is 0 Å². The van der Waals surface area contributed by atoms with Crippen molar-refractivity contribution in [2.75, 3.05) is 13.7 Å². The molecular weight excluding hydrogens is 427 g/mol. The maximum Gasteiger partial charge on any atom is 0.422 e. The molecule has 1 unspecified atom stereocenters. The fourth-order valence-electron chi connectivity index (χ4n) is 2.38. The molecule has 1 atom stereocenters. The molecule has 1 amide bonds. The van der Waals surface area contributed by atoms with Crippen LogP contribution in [0.15, 0.2) is 30.5 Å². The molecule has 11 heteroatoms. The maximum atomic E-state index is 12.6. The largest absolute Gasteiger partial charge is 0.467 e. The number of nitrogens with one attached hydrogen (secondary N) is 1. The van der Waals surface area contributed by atoms with Crippen LogP contribution in [0.1, 0.15) is 24.3 Å². The summed E-state index contributed by atoms with van der Waals surface area (Å²) in [4.78, 5) is 32.4. The van der Waals surface area contributed by atoms with Gasteiger partial charge in [0.25, 0.3) is 5.91 Å². The van der Waals surface area contributed by atoms with Gasteiger partial charge in [-0.1, -0.05) is 37.6 Å². The summed E-state index contributed by atoms with van der Waals surface area (Å²) in [6.45, 7) is 1.84. The highest BCUT2D eigenvalue weighted by Gasteiger charge is 2.30. The van der Waals surface area contributed by atoms with Crippen molar-refractivity contribution in [3.63, 3.8) is 0 Å². The van der Waals surface area contributed by atoms with E-state index in [-0.39, 0.29) is 17.3 Å². The van der Waals surface area contributed by atoms with E-state index in [9.17, 15) is 22.8 Å². The van der Waals surface area contributed by atoms with Crippen LogP contribution in [-0.4, -0.2) is 47.8 Å². The Hall–Kier alpha value is -2.88. The first-order valence-electron chi connectivity index (χ1n) is 8.73. The molecule has 2 aromatic rings. The Morgan fingerprint density at radius 1 is 1.20 bits per heavy atom. The van der Waals surface area contributed by atoms with E-state index in [2.05, 4.69) is 20.0 Å². The summed E-state index contributed by atoms with van der Waals surface area (Å²) in [5, 5.41) is 2.89. The van der Waals surface area contributed by atoms with Crippen LogP contribution < -0.4 is 10.1 Å². The Labute approximate surface area is 175 Å². The van der Waals surface area contributed by atoms with Crippen molar-refractivity contribution in [2.24, 2.45) is 5.92 Å². The van der Waals surface area contributed by atoms with E-state index in [0.29, 0.717) is 10.6 Å². The molecule has 0 aliphatic rings. The number of carbonyl (C=O) groups is 2. The van der Waals surface area contributed by atoms with Crippen molar-refractivity contribution < 1.29 is 32.2 Å². The number of rotatable bonds is 7. The second kappa shape index (κ2) is 9.75. The minimum Gasteiger partial charge on any atom is -0.467 e. The van der Waals surface area contributed by atoms with Gasteiger partial charge in [0, 0.05) is 10.6 Å². The van der Waals surface area contributed by atoms with Crippen LogP contribution in [0.25, 0.3) is 11.3 Å². The number of benzene rings is 1. The number of amides is 1. The van der Waals surface area contributed by atoms with Crippen molar-refractivity contribution in [3.8, 4) is 17.1 Å². The molecule has 0 spiro atoms. The van der Waals surface area contributed by atoms with Crippen LogP contribution in [0.3, 0.4) is 0 Å². The van der Waals surface area contributed by atoms with Crippen molar-refractivity contribution in [1.82, 2.24) is 15.3 Å². The van der Waals surface area contributed by atoms with Crippen LogP contribution in [0.4, 0.5) is 13.2 Å². The van der Waals surface area contributed by atoms with Crippen LogP contribution >= 0.6 is 11.6 Å². The first-order chi connectivity index (χ1) is 14.0. The molecule has 2 rings (SSSR count). The fraction of sp³-hybridized carbons (Fsp3) is 0.368. The number of halogens is 4. The van der Waals surface area contributed by atoms with Crippen LogP contribution in [0.2, 0.25) is 5.02 Å². The highest BCUT2D eigenvalue weighted by atomic mass is 35.5. The molecule has 162 valence electrons. The van der Waals surface area contributed by atoms with Gasteiger partial charge < -0.3 is 14.8 Å². The Morgan fingerprint density at radius 2 is 1.83 bits per heavy atom. The van der Waals surface area contributed by atoms with Gasteiger partial charge in [0.05, 0.1) is 13.3 Å². The number of esters is 1. The summed E-state index contributed by atoms with van der Waals surface area (Å²) in [6, 6.07) is 5.07. The third-order valence-electron chi connectivity index (χ3n) is 3.87. The topological polar surface area (TPSA) is 90.4 Å². The highest BCUT2D eigenvalue weighted by Crippen LogP contribution is 2.29. The van der Waals surface area contributed by atoms with Crippen LogP contribution in [0, 0.1) is 5.92 Å². The van der Waals surface area contributed by atoms with E-state index in [4.69, 9.17) is 16.3 Å². The molecule has 0 saturated carbocycles. The lowest BCUT2D eigenvalue weighted by Gasteiger charge is -2.19. The molecule has 7 nitrogen and oxygen atoms in total. The third-order valence-corrected chi connectivity index (χ3v) is 4.12. The van der Waals surface area contributed by atoms with E-state index in [0.717, 1.165) is 6.20 Å². The Kier molecular flexibility index (Phi) is 7.60. The number of nitrogens with zero attached hydrogens (tertiary/aromatic N) is 2. The Balaban J connectivity index is 2.39. The smallest absolute Gasteiger partial charge is 0.422 e. The van der Waals surface area contributed by atoms with E-state index < -0.39 is 36.6 Å². The van der Waals surface area contributed by atoms with Crippen molar-refractivity contribution >= 4 is 23.5 Å². The lowest BCUT2D eigenvalue weighted by Crippen LogP contribution is -2.45. The van der Waals surface area contributed by atoms with Crippen molar-refractivity contribution in [3.05, 3.63) is 41.2 Å². The van der Waals surface area contributed by atoms with Crippen LogP contribution in [0.5, 0.6) is 5.88 Å². The summed E-state index contributed by atoms with van der Waals surface area (Å²) in [5.74, 6) is -2.07. The third kappa shape index (κ3) is 6.31. The van der Waals surface area contributed by atoms with Gasteiger partial charge in [-0.2, -0.15) is 13.2 Å². The minimum atomic E-state index is -4.58. The molecular formula is C19H19ClF3N3O4. The molecule has 1 N–H and O–H groups in total. The van der Waals surface area contributed by atoms with Crippen molar-refractivity contribution in [2.45, 2.75) is 26.1 Å². The standard InChI is InChI=1S/C19H19ClF3N3O4/c1-10(2)14(18(28)29-3)26-16(27)13-8-24-17(30-9-19(21,22)23)15(25-13)11-4-6-12(20)7-5-11/h4-8,10,14H,9H2,1-3H3,(H,26,27). The zero-order valence-electron chi connectivity index (χ0n) is 16.3. The van der Waals surface area contributed by atoms with Gasteiger partial charge in [0.15, 0.2) is 6.61 Å². The zero-order valence-corrected chi connectivity index (χ0v) is 17.0. The summed E-state index contributed by atoms with van der Waals surface area (Å²) in [5.41, 5.74) is 0.0451. The van der Waals surface area contributed by atoms with Gasteiger partial charge in [-0.3, -0.25) is 4.79 Å². The molecule has 0 aliphatic heterocycles. The molecule has 0 saturated heterocycles. The molecule has 1 heterocycles. The first-order valence-corrected chi connectivity index (χ1v) is 9.11. The lowest BCUT2D eigenvalue weighted by molar-refractivity contribution is -0.154. The summed E-state index contributed by atoms with van der Waals surface area (Å²) >= 11 is 5.85. The average molecular weight is 446 g/mol. The van der Waals surface area contributed by atoms with Crippen LogP contribution in [-0.2, 0) is 9.53 Å². The van der Waals surface area contributed by atoms with Gasteiger partial charge in [-0.05, 0) is 18.1 Å². The fourth-order valence-corrected chi connectivity index (χ4v) is 2.50. The van der Waals surface area contributed by atoms with E-state index in [1.807, 2.05) is 0 Å². The molecule has 0 aliphatic carbocycles. The Morgan fingerprint density at radius 3 is 2.37 bits per heavy atom. The van der Waals surface area contributed by atoms with E-state index in [1.165, 1.54) is 31.4 Å². The first kappa shape index (κ1) is 23.4. The van der Waals surface area contributed by atoms with E-state index in [1.54, 1.807) is 13.8 Å². The quantitative estimate of drug-likeness (QED) is 0.654. The normalized spacial score (nSPS) is 12.4. The number of aromatic nitrogens is 2. The highest BCUT2D eigenvalue weighted by molar-refractivity contribution is 6.30. The number of methoxy groups -OCH3 is 1. The summed E-state index contributed by atoms with van der Waals surface area (Å²) < 4.78 is 47.1. The van der Waals surface area contributed by atoms with Gasteiger partial charge in [0.1, 0.15) is 17.4 Å². The molecule has 0 fully saturated rings. The van der Waals surface area contributed by atoms with Gasteiger partial charge in [-0.15, -0.1) is 0 Å². The number of hydrogen-bond acceptors (Lipinski definition) is 6. The second-order valence-electron chi connectivity index (χ2n) is 6.54. The number of carbonyl (C=O) groups excluding carboxylic acids is 2. The molecule has 0 radical (unpaired) electrons. The Bertz CT molecular complexity index is 905. The number of alkyl halides is 3. The monoisotopic (exact) mass is 445 g/mol. The van der Waals surface area contributed by atoms with Crippen molar-refractivity contribution in [1.29, 1.82) is 0 Å². The lowest BCUT2D eigenvalue weighted by atomic mass is 10.0. The van der Waals surface area contributed by atoms with Gasteiger partial charge >= 0.3 is 12.1 Å². The zero-order chi connectivity index (χ0) is 22.5.